The topological polar surface area (TPSA) is 115 Å². The summed E-state index contributed by atoms with van der Waals surface area (Å²) in [7, 11) is 2.78. The van der Waals surface area contributed by atoms with Crippen LogP contribution >= 0.6 is 0 Å². The van der Waals surface area contributed by atoms with E-state index in [4.69, 9.17) is 9.47 Å². The Morgan fingerprint density at radius 1 is 1.19 bits per heavy atom. The zero-order valence-corrected chi connectivity index (χ0v) is 14.1. The Morgan fingerprint density at radius 3 is 2.58 bits per heavy atom. The van der Waals surface area contributed by atoms with Crippen molar-refractivity contribution < 1.29 is 19.1 Å². The van der Waals surface area contributed by atoms with Gasteiger partial charge in [0.2, 0.25) is 5.91 Å². The summed E-state index contributed by atoms with van der Waals surface area (Å²) >= 11 is 0. The molecule has 1 aromatic carbocycles. The van der Waals surface area contributed by atoms with E-state index in [1.807, 2.05) is 0 Å². The van der Waals surface area contributed by atoms with Crippen molar-refractivity contribution in [2.75, 3.05) is 19.5 Å². The highest BCUT2D eigenvalue weighted by molar-refractivity contribution is 5.96. The number of nitrogens with one attached hydrogen (secondary N) is 2. The number of hydrogen-bond acceptors (Lipinski definition) is 6. The Bertz CT molecular complexity index is 974. The molecular weight excluding hydrogens is 340 g/mol. The lowest BCUT2D eigenvalue weighted by Crippen LogP contribution is -2.20. The Kier molecular flexibility index (Phi) is 4.70. The second kappa shape index (κ2) is 7.09. The first-order chi connectivity index (χ1) is 12.5. The number of nitrogens with zero attached hydrogens (tertiary/aromatic N) is 2. The normalized spacial score (nSPS) is 10.5. The minimum atomic E-state index is -0.647. The molecule has 1 aromatic rings. The average Bonchev–Trinajstić information content (AvgIpc) is 3.02. The first kappa shape index (κ1) is 17.2. The summed E-state index contributed by atoms with van der Waals surface area (Å²) < 4.78 is 11.2. The zero-order chi connectivity index (χ0) is 18.7. The summed E-state index contributed by atoms with van der Waals surface area (Å²) in [6, 6.07) is 6.85. The molecule has 2 N–H and O–H groups in total. The van der Waals surface area contributed by atoms with Crippen LogP contribution in [0.1, 0.15) is 10.4 Å². The molecule has 2 heterocycles. The Labute approximate surface area is 147 Å². The number of anilines is 1. The molecule has 0 unspecified atom stereocenters. The second-order valence-electron chi connectivity index (χ2n) is 5.43. The molecule has 3 rings (SSSR count). The van der Waals surface area contributed by atoms with Crippen LogP contribution in [0, 0.1) is 0 Å². The van der Waals surface area contributed by atoms with E-state index < -0.39 is 11.5 Å². The van der Waals surface area contributed by atoms with E-state index in [-0.39, 0.29) is 29.3 Å². The van der Waals surface area contributed by atoms with Crippen molar-refractivity contribution in [2.45, 2.75) is 6.54 Å². The number of aromatic amines is 1. The number of carbonyl (C=O) groups excluding carboxylic acids is 2. The van der Waals surface area contributed by atoms with Crippen LogP contribution in [0.15, 0.2) is 41.5 Å². The third-order valence-electron chi connectivity index (χ3n) is 3.72. The van der Waals surface area contributed by atoms with Gasteiger partial charge in [-0.05, 0) is 24.3 Å². The highest BCUT2D eigenvalue weighted by Gasteiger charge is 2.22. The molecule has 0 aliphatic carbocycles. The predicted molar refractivity (Wildman–Crippen MR) is 92.4 cm³/mol. The summed E-state index contributed by atoms with van der Waals surface area (Å²) in [5, 5.41) is 8.84. The zero-order valence-electron chi connectivity index (χ0n) is 14.1. The van der Waals surface area contributed by atoms with Crippen LogP contribution in [0.3, 0.4) is 0 Å². The molecule has 0 saturated carbocycles. The van der Waals surface area contributed by atoms with Crippen molar-refractivity contribution in [1.29, 1.82) is 0 Å². The SMILES string of the molecule is COC(=O)c1cn(CC(=O)Nc2ccc(OC)cc2)cc2c(=O)[nH]nc1-2. The van der Waals surface area contributed by atoms with Gasteiger partial charge in [-0.2, -0.15) is 5.10 Å². The summed E-state index contributed by atoms with van der Waals surface area (Å²) in [4.78, 5) is 36.0. The molecule has 0 radical (unpaired) electrons. The molecule has 1 amide bonds. The van der Waals surface area contributed by atoms with Crippen LogP contribution in [-0.2, 0) is 16.1 Å². The number of fused-ring (bicyclic) bond motifs is 1. The van der Waals surface area contributed by atoms with E-state index in [1.54, 1.807) is 31.4 Å². The fraction of sp³-hybridized carbons (Fsp3) is 0.176. The lowest BCUT2D eigenvalue weighted by molar-refractivity contribution is -0.116. The maximum Gasteiger partial charge on any atom is 0.341 e. The number of hydrogen-bond donors (Lipinski definition) is 2. The Balaban J connectivity index is 1.84. The van der Waals surface area contributed by atoms with Gasteiger partial charge in [0.15, 0.2) is 0 Å². The van der Waals surface area contributed by atoms with Crippen LogP contribution in [-0.4, -0.2) is 40.9 Å². The quantitative estimate of drug-likeness (QED) is 0.662. The number of amides is 1. The molecule has 0 saturated heterocycles. The van der Waals surface area contributed by atoms with Gasteiger partial charge in [-0.25, -0.2) is 9.89 Å². The largest absolute Gasteiger partial charge is 0.497 e. The summed E-state index contributed by atoms with van der Waals surface area (Å²) in [6.07, 6.45) is 2.88. The fourth-order valence-corrected chi connectivity index (χ4v) is 2.48. The molecule has 2 aliphatic heterocycles. The number of aromatic nitrogens is 3. The molecular formula is C17H16N4O5. The van der Waals surface area contributed by atoms with E-state index in [9.17, 15) is 14.4 Å². The van der Waals surface area contributed by atoms with Crippen LogP contribution in [0.4, 0.5) is 5.69 Å². The predicted octanol–water partition coefficient (Wildman–Crippen LogP) is 1.11. The number of H-pyrrole nitrogens is 1. The minimum absolute atomic E-state index is 0.0978. The molecule has 0 spiro atoms. The van der Waals surface area contributed by atoms with Gasteiger partial charge in [-0.15, -0.1) is 0 Å². The molecule has 9 nitrogen and oxygen atoms in total. The van der Waals surface area contributed by atoms with Gasteiger partial charge in [0.1, 0.15) is 23.6 Å². The van der Waals surface area contributed by atoms with Gasteiger partial charge in [0.05, 0.1) is 19.8 Å². The van der Waals surface area contributed by atoms with Crippen molar-refractivity contribution in [2.24, 2.45) is 0 Å². The molecule has 0 bridgehead atoms. The van der Waals surface area contributed by atoms with Gasteiger partial charge >= 0.3 is 5.97 Å². The molecule has 0 aromatic heterocycles. The maximum atomic E-state index is 12.3. The summed E-state index contributed by atoms with van der Waals surface area (Å²) in [5.41, 5.74) is 0.646. The Morgan fingerprint density at radius 2 is 1.92 bits per heavy atom. The van der Waals surface area contributed by atoms with E-state index in [2.05, 4.69) is 15.5 Å². The summed E-state index contributed by atoms with van der Waals surface area (Å²) in [5.74, 6) is -0.300. The number of pyridine rings is 1. The van der Waals surface area contributed by atoms with E-state index in [0.29, 0.717) is 11.4 Å². The van der Waals surface area contributed by atoms with Gasteiger partial charge < -0.3 is 19.4 Å². The molecule has 0 fully saturated rings. The van der Waals surface area contributed by atoms with Crippen LogP contribution in [0.5, 0.6) is 5.75 Å². The van der Waals surface area contributed by atoms with E-state index in [1.165, 1.54) is 24.1 Å². The molecule has 0 atom stereocenters. The van der Waals surface area contributed by atoms with Crippen molar-refractivity contribution in [3.63, 3.8) is 0 Å². The van der Waals surface area contributed by atoms with Gasteiger partial charge in [0.25, 0.3) is 5.56 Å². The maximum absolute atomic E-state index is 12.3. The molecule has 9 heteroatoms. The van der Waals surface area contributed by atoms with E-state index >= 15 is 0 Å². The van der Waals surface area contributed by atoms with Crippen molar-refractivity contribution in [3.8, 4) is 17.0 Å². The lowest BCUT2D eigenvalue weighted by Gasteiger charge is -2.12. The highest BCUT2D eigenvalue weighted by atomic mass is 16.5. The third kappa shape index (κ3) is 3.41. The van der Waals surface area contributed by atoms with Crippen LogP contribution in [0.2, 0.25) is 0 Å². The van der Waals surface area contributed by atoms with Gasteiger partial charge in [-0.1, -0.05) is 0 Å². The monoisotopic (exact) mass is 356 g/mol. The Hall–Kier alpha value is -3.62. The molecule has 2 aliphatic rings. The smallest absolute Gasteiger partial charge is 0.341 e. The average molecular weight is 356 g/mol. The number of ether oxygens (including phenoxy) is 2. The number of carbonyl (C=O) groups is 2. The van der Waals surface area contributed by atoms with E-state index in [0.717, 1.165) is 0 Å². The van der Waals surface area contributed by atoms with Gasteiger partial charge in [-0.3, -0.25) is 9.59 Å². The standard InChI is InChI=1S/C17H16N4O5/c1-25-11-5-3-10(4-6-11)18-14(22)9-21-7-12-15(19-20-16(12)23)13(8-21)17(24)26-2/h3-8H,9H2,1-2H3,(H,18,22)(H,20,23). The first-order valence-corrected chi connectivity index (χ1v) is 7.62. The van der Waals surface area contributed by atoms with Crippen molar-refractivity contribution in [3.05, 3.63) is 52.6 Å². The number of methoxy groups -OCH3 is 2. The number of benzene rings is 1. The lowest BCUT2D eigenvalue weighted by atomic mass is 10.1. The summed E-state index contributed by atoms with van der Waals surface area (Å²) in [6.45, 7) is -0.101. The fourth-order valence-electron chi connectivity index (χ4n) is 2.48. The third-order valence-corrected chi connectivity index (χ3v) is 3.72. The number of esters is 1. The van der Waals surface area contributed by atoms with Gasteiger partial charge in [0, 0.05) is 18.1 Å². The number of rotatable bonds is 5. The molecule has 26 heavy (non-hydrogen) atoms. The van der Waals surface area contributed by atoms with Crippen molar-refractivity contribution in [1.82, 2.24) is 14.8 Å². The second-order valence-corrected chi connectivity index (χ2v) is 5.43. The van der Waals surface area contributed by atoms with Crippen LogP contribution in [0.25, 0.3) is 11.3 Å². The minimum Gasteiger partial charge on any atom is -0.497 e. The highest BCUT2D eigenvalue weighted by Crippen LogP contribution is 2.21. The van der Waals surface area contributed by atoms with Crippen LogP contribution < -0.4 is 15.6 Å². The first-order valence-electron chi connectivity index (χ1n) is 7.62. The molecule has 134 valence electrons. The van der Waals surface area contributed by atoms with Crippen molar-refractivity contribution >= 4 is 17.6 Å².